The van der Waals surface area contributed by atoms with E-state index in [1.54, 1.807) is 0 Å². The van der Waals surface area contributed by atoms with Crippen molar-refractivity contribution in [2.75, 3.05) is 32.1 Å². The van der Waals surface area contributed by atoms with Gasteiger partial charge in [-0.05, 0) is 49.4 Å². The molecule has 0 bridgehead atoms. The van der Waals surface area contributed by atoms with Gasteiger partial charge in [0.05, 0.1) is 0 Å². The fraction of sp³-hybridized carbons (Fsp3) is 0.588. The van der Waals surface area contributed by atoms with E-state index in [4.69, 9.17) is 5.11 Å². The first-order chi connectivity index (χ1) is 10.0. The van der Waals surface area contributed by atoms with E-state index in [1.807, 2.05) is 14.1 Å². The average Bonchev–Trinajstić information content (AvgIpc) is 2.46. The van der Waals surface area contributed by atoms with E-state index >= 15 is 0 Å². The predicted molar refractivity (Wildman–Crippen MR) is 85.6 cm³/mol. The molecule has 116 valence electrons. The molecule has 0 aliphatic carbocycles. The van der Waals surface area contributed by atoms with Crippen molar-refractivity contribution in [3.63, 3.8) is 0 Å². The first-order valence-corrected chi connectivity index (χ1v) is 7.75. The number of hydrogen-bond donors (Lipinski definition) is 1. The predicted octanol–water partition coefficient (Wildman–Crippen LogP) is 2.83. The molecule has 21 heavy (non-hydrogen) atoms. The molecule has 1 aliphatic rings. The zero-order valence-electron chi connectivity index (χ0n) is 13.1. The Balaban J connectivity index is 1.85. The summed E-state index contributed by atoms with van der Waals surface area (Å²) in [5.74, 6) is -0.137. The van der Waals surface area contributed by atoms with Crippen LogP contribution in [0.15, 0.2) is 24.3 Å². The van der Waals surface area contributed by atoms with Gasteiger partial charge in [0.2, 0.25) is 0 Å². The van der Waals surface area contributed by atoms with Gasteiger partial charge in [-0.3, -0.25) is 9.69 Å². The van der Waals surface area contributed by atoms with E-state index in [0.717, 1.165) is 26.1 Å². The fourth-order valence-corrected chi connectivity index (χ4v) is 3.02. The smallest absolute Gasteiger partial charge is 0.303 e. The summed E-state index contributed by atoms with van der Waals surface area (Å²) >= 11 is 0. The van der Waals surface area contributed by atoms with Gasteiger partial charge >= 0.3 is 5.97 Å². The largest absolute Gasteiger partial charge is 0.481 e. The molecule has 1 heterocycles. The number of anilines is 1. The number of rotatable bonds is 6. The fourth-order valence-electron chi connectivity index (χ4n) is 3.02. The molecule has 1 aromatic rings. The Kier molecular flexibility index (Phi) is 5.62. The van der Waals surface area contributed by atoms with E-state index in [2.05, 4.69) is 34.1 Å². The molecule has 0 spiro atoms. The molecule has 1 fully saturated rings. The molecule has 0 aromatic heterocycles. The Morgan fingerprint density at radius 2 is 2.05 bits per heavy atom. The van der Waals surface area contributed by atoms with Crippen molar-refractivity contribution in [2.24, 2.45) is 5.92 Å². The third-order valence-electron chi connectivity index (χ3n) is 4.23. The number of likely N-dealkylation sites (tertiary alicyclic amines) is 1. The van der Waals surface area contributed by atoms with Gasteiger partial charge in [0.15, 0.2) is 0 Å². The lowest BCUT2D eigenvalue weighted by atomic mass is 9.93. The molecule has 0 saturated carbocycles. The van der Waals surface area contributed by atoms with Crippen molar-refractivity contribution in [3.8, 4) is 0 Å². The first-order valence-electron chi connectivity index (χ1n) is 7.75. The summed E-state index contributed by atoms with van der Waals surface area (Å²) in [7, 11) is 4.10. The summed E-state index contributed by atoms with van der Waals surface area (Å²) in [6.45, 7) is 3.12. The highest BCUT2D eigenvalue weighted by molar-refractivity contribution is 5.66. The van der Waals surface area contributed by atoms with Crippen LogP contribution in [0.25, 0.3) is 0 Å². The number of hydrogen-bond acceptors (Lipinski definition) is 3. The molecule has 0 radical (unpaired) electrons. The molecular weight excluding hydrogens is 264 g/mol. The number of nitrogens with zero attached hydrogens (tertiary/aromatic N) is 2. The van der Waals surface area contributed by atoms with Crippen molar-refractivity contribution in [3.05, 3.63) is 29.8 Å². The Labute approximate surface area is 127 Å². The molecule has 1 N–H and O–H groups in total. The number of piperidine rings is 1. The van der Waals surface area contributed by atoms with Gasteiger partial charge in [0.1, 0.15) is 0 Å². The average molecular weight is 290 g/mol. The Morgan fingerprint density at radius 3 is 2.67 bits per heavy atom. The molecule has 4 nitrogen and oxygen atoms in total. The summed E-state index contributed by atoms with van der Waals surface area (Å²) in [5, 5.41) is 8.80. The lowest BCUT2D eigenvalue weighted by molar-refractivity contribution is -0.137. The van der Waals surface area contributed by atoms with E-state index in [-0.39, 0.29) is 0 Å². The molecule has 1 aliphatic heterocycles. The minimum Gasteiger partial charge on any atom is -0.481 e. The summed E-state index contributed by atoms with van der Waals surface area (Å²) < 4.78 is 0. The number of carbonyl (C=O) groups is 1. The van der Waals surface area contributed by atoms with Crippen molar-refractivity contribution >= 4 is 11.7 Å². The zero-order valence-corrected chi connectivity index (χ0v) is 13.1. The van der Waals surface area contributed by atoms with Crippen molar-refractivity contribution in [1.82, 2.24) is 4.90 Å². The second-order valence-electron chi connectivity index (χ2n) is 6.24. The van der Waals surface area contributed by atoms with Crippen LogP contribution in [0, 0.1) is 5.92 Å². The minimum atomic E-state index is -0.675. The van der Waals surface area contributed by atoms with Crippen LogP contribution in [0.1, 0.15) is 31.2 Å². The number of benzene rings is 1. The van der Waals surface area contributed by atoms with Gasteiger partial charge in [0, 0.05) is 39.3 Å². The quantitative estimate of drug-likeness (QED) is 0.875. The lowest BCUT2D eigenvalue weighted by Crippen LogP contribution is -2.35. The van der Waals surface area contributed by atoms with Crippen LogP contribution in [0.2, 0.25) is 0 Å². The maximum Gasteiger partial charge on any atom is 0.303 e. The minimum absolute atomic E-state index is 0.302. The molecule has 1 saturated heterocycles. The molecule has 1 atom stereocenters. The second-order valence-corrected chi connectivity index (χ2v) is 6.24. The number of aliphatic carboxylic acids is 1. The van der Waals surface area contributed by atoms with E-state index in [1.165, 1.54) is 24.1 Å². The standard InChI is InChI=1S/C17H26N2O2/c1-18(2)16-8-5-15(6-9-16)13-19-11-3-4-14(12-19)7-10-17(20)21/h5-6,8-9,14H,3-4,7,10-13H2,1-2H3,(H,20,21). The number of carboxylic acid groups (broad SMARTS) is 1. The van der Waals surface area contributed by atoms with Crippen LogP contribution in [-0.2, 0) is 11.3 Å². The maximum atomic E-state index is 10.7. The molecule has 2 rings (SSSR count). The van der Waals surface area contributed by atoms with Crippen molar-refractivity contribution < 1.29 is 9.90 Å². The highest BCUT2D eigenvalue weighted by Gasteiger charge is 2.20. The molecular formula is C17H26N2O2. The van der Waals surface area contributed by atoms with Gasteiger partial charge in [0.25, 0.3) is 0 Å². The van der Waals surface area contributed by atoms with E-state index in [0.29, 0.717) is 12.3 Å². The normalized spacial score (nSPS) is 19.4. The van der Waals surface area contributed by atoms with Gasteiger partial charge < -0.3 is 10.0 Å². The molecule has 4 heteroatoms. The SMILES string of the molecule is CN(C)c1ccc(CN2CCCC(CCC(=O)O)C2)cc1. The van der Waals surface area contributed by atoms with Crippen LogP contribution < -0.4 is 4.90 Å². The van der Waals surface area contributed by atoms with Crippen LogP contribution >= 0.6 is 0 Å². The molecule has 0 amide bonds. The molecule has 1 aromatic carbocycles. The summed E-state index contributed by atoms with van der Waals surface area (Å²) in [6, 6.07) is 8.69. The van der Waals surface area contributed by atoms with Gasteiger partial charge in [-0.1, -0.05) is 12.1 Å². The van der Waals surface area contributed by atoms with E-state index in [9.17, 15) is 4.79 Å². The third-order valence-corrected chi connectivity index (χ3v) is 4.23. The van der Waals surface area contributed by atoms with Crippen LogP contribution in [0.5, 0.6) is 0 Å². The van der Waals surface area contributed by atoms with Gasteiger partial charge in [-0.25, -0.2) is 0 Å². The highest BCUT2D eigenvalue weighted by Crippen LogP contribution is 2.23. The Bertz CT molecular complexity index is 456. The topological polar surface area (TPSA) is 43.8 Å². The highest BCUT2D eigenvalue weighted by atomic mass is 16.4. The Morgan fingerprint density at radius 1 is 1.33 bits per heavy atom. The van der Waals surface area contributed by atoms with Gasteiger partial charge in [-0.2, -0.15) is 0 Å². The summed E-state index contributed by atoms with van der Waals surface area (Å²) in [5.41, 5.74) is 2.55. The zero-order chi connectivity index (χ0) is 15.2. The Hall–Kier alpha value is -1.55. The van der Waals surface area contributed by atoms with Gasteiger partial charge in [-0.15, -0.1) is 0 Å². The number of carboxylic acids is 1. The van der Waals surface area contributed by atoms with Crippen molar-refractivity contribution in [1.29, 1.82) is 0 Å². The first kappa shape index (κ1) is 15.8. The van der Waals surface area contributed by atoms with Crippen LogP contribution in [0.4, 0.5) is 5.69 Å². The summed E-state index contributed by atoms with van der Waals surface area (Å²) in [6.07, 6.45) is 3.46. The van der Waals surface area contributed by atoms with E-state index < -0.39 is 5.97 Å². The monoisotopic (exact) mass is 290 g/mol. The molecule has 1 unspecified atom stereocenters. The lowest BCUT2D eigenvalue weighted by Gasteiger charge is -2.32. The third kappa shape index (κ3) is 5.05. The van der Waals surface area contributed by atoms with Crippen LogP contribution in [0.3, 0.4) is 0 Å². The maximum absolute atomic E-state index is 10.7. The van der Waals surface area contributed by atoms with Crippen LogP contribution in [-0.4, -0.2) is 43.2 Å². The second kappa shape index (κ2) is 7.46. The summed E-state index contributed by atoms with van der Waals surface area (Å²) in [4.78, 5) is 15.2. The van der Waals surface area contributed by atoms with Crippen molar-refractivity contribution in [2.45, 2.75) is 32.2 Å².